The number of alkyl halides is 1. The normalized spacial score (nSPS) is 33.8. The summed E-state index contributed by atoms with van der Waals surface area (Å²) in [6, 6.07) is 0. The van der Waals surface area contributed by atoms with Crippen molar-refractivity contribution in [3.63, 3.8) is 0 Å². The number of halogens is 2. The minimum Gasteiger partial charge on any atom is -0.0895 e. The second-order valence-electron chi connectivity index (χ2n) is 4.01. The van der Waals surface area contributed by atoms with Crippen LogP contribution in [0.25, 0.3) is 0 Å². The van der Waals surface area contributed by atoms with E-state index in [-0.39, 0.29) is 0 Å². The van der Waals surface area contributed by atoms with Gasteiger partial charge in [0, 0.05) is 8.45 Å². The molecule has 0 aromatic heterocycles. The van der Waals surface area contributed by atoms with Crippen molar-refractivity contribution in [3.05, 3.63) is 11.1 Å². The highest BCUT2D eigenvalue weighted by atomic mass is 127. The van der Waals surface area contributed by atoms with Crippen LogP contribution in [-0.4, -0.2) is 3.42 Å². The molecule has 0 N–H and O–H groups in total. The molecule has 2 heteroatoms. The summed E-state index contributed by atoms with van der Waals surface area (Å²) in [6.07, 6.45) is 10.2. The van der Waals surface area contributed by atoms with Gasteiger partial charge in [0.25, 0.3) is 0 Å². The fourth-order valence-corrected chi connectivity index (χ4v) is 3.72. The molecule has 0 amide bonds. The number of rotatable bonds is 1. The Morgan fingerprint density at radius 2 is 2.25 bits per heavy atom. The van der Waals surface area contributed by atoms with Crippen molar-refractivity contribution < 1.29 is 0 Å². The molecule has 12 heavy (non-hydrogen) atoms. The molecule has 1 fully saturated rings. The van der Waals surface area contributed by atoms with Crippen LogP contribution in [0.3, 0.4) is 0 Å². The average molecular weight is 297 g/mol. The smallest absolute Gasteiger partial charge is 0.0253 e. The lowest BCUT2D eigenvalue weighted by molar-refractivity contribution is 0.252. The summed E-state index contributed by atoms with van der Waals surface area (Å²) in [5.41, 5.74) is 0. The highest BCUT2D eigenvalue weighted by molar-refractivity contribution is 14.1. The van der Waals surface area contributed by atoms with Crippen molar-refractivity contribution in [2.24, 2.45) is 5.92 Å². The zero-order chi connectivity index (χ0) is 8.60. The molecule has 0 nitrogen and oxygen atoms in total. The number of allylic oxidation sites excluding steroid dienone is 2. The van der Waals surface area contributed by atoms with Gasteiger partial charge in [-0.2, -0.15) is 0 Å². The van der Waals surface area contributed by atoms with Gasteiger partial charge in [-0.3, -0.25) is 0 Å². The van der Waals surface area contributed by atoms with Gasteiger partial charge < -0.3 is 0 Å². The molecular weight excluding hydrogens is 282 g/mol. The van der Waals surface area contributed by atoms with Crippen molar-refractivity contribution in [1.29, 1.82) is 0 Å². The van der Waals surface area contributed by atoms with Crippen molar-refractivity contribution in [3.8, 4) is 0 Å². The first kappa shape index (κ1) is 9.32. The van der Waals surface area contributed by atoms with Crippen LogP contribution in [-0.2, 0) is 0 Å². The van der Waals surface area contributed by atoms with Crippen LogP contribution >= 0.6 is 34.2 Å². The summed E-state index contributed by atoms with van der Waals surface area (Å²) >= 11 is 8.63. The Kier molecular flexibility index (Phi) is 2.71. The lowest BCUT2D eigenvalue weighted by atomic mass is 9.71. The van der Waals surface area contributed by atoms with Gasteiger partial charge in [0.05, 0.1) is 0 Å². The van der Waals surface area contributed by atoms with E-state index in [9.17, 15) is 0 Å². The van der Waals surface area contributed by atoms with E-state index in [2.05, 4.69) is 28.7 Å². The van der Waals surface area contributed by atoms with Gasteiger partial charge in [-0.25, -0.2) is 0 Å². The summed E-state index contributed by atoms with van der Waals surface area (Å²) in [5, 5.41) is 1.09. The lowest BCUT2D eigenvalue weighted by Gasteiger charge is -2.44. The van der Waals surface area contributed by atoms with E-state index in [1.165, 1.54) is 32.1 Å². The average Bonchev–Trinajstić information content (AvgIpc) is 2.02. The zero-order valence-corrected chi connectivity index (χ0v) is 10.1. The summed E-state index contributed by atoms with van der Waals surface area (Å²) < 4.78 is 0.645. The fraction of sp³-hybridized carbons (Fsp3) is 0.800. The fourth-order valence-electron chi connectivity index (χ4n) is 2.19. The summed E-state index contributed by atoms with van der Waals surface area (Å²) in [6.45, 7) is 0. The van der Waals surface area contributed by atoms with Gasteiger partial charge in [-0.15, -0.1) is 0 Å². The summed E-state index contributed by atoms with van der Waals surface area (Å²) in [5.74, 6) is 0.911. The molecule has 0 aromatic carbocycles. The Labute approximate surface area is 92.9 Å². The van der Waals surface area contributed by atoms with E-state index in [1.54, 1.807) is 0 Å². The SMILES string of the molecule is ClC1=CCC(C2(I)CCC2)CC1. The van der Waals surface area contributed by atoms with Crippen LogP contribution in [0.5, 0.6) is 0 Å². The molecule has 0 heterocycles. The van der Waals surface area contributed by atoms with Crippen molar-refractivity contribution in [2.45, 2.75) is 41.9 Å². The Balaban J connectivity index is 1.98. The molecule has 68 valence electrons. The molecular formula is C10H14ClI. The Morgan fingerprint density at radius 1 is 1.50 bits per heavy atom. The van der Waals surface area contributed by atoms with Crippen LogP contribution < -0.4 is 0 Å². The van der Waals surface area contributed by atoms with Gasteiger partial charge >= 0.3 is 0 Å². The number of hydrogen-bond donors (Lipinski definition) is 0. The van der Waals surface area contributed by atoms with E-state index in [0.29, 0.717) is 3.42 Å². The Morgan fingerprint density at radius 3 is 2.67 bits per heavy atom. The van der Waals surface area contributed by atoms with E-state index < -0.39 is 0 Å². The molecule has 0 saturated heterocycles. The third-order valence-corrected chi connectivity index (χ3v) is 5.57. The number of hydrogen-bond acceptors (Lipinski definition) is 0. The maximum atomic E-state index is 5.95. The Hall–Kier alpha value is 0.760. The quantitative estimate of drug-likeness (QED) is 0.501. The molecule has 0 radical (unpaired) electrons. The van der Waals surface area contributed by atoms with Crippen LogP contribution in [0.2, 0.25) is 0 Å². The first-order valence-electron chi connectivity index (χ1n) is 4.74. The summed E-state index contributed by atoms with van der Waals surface area (Å²) in [7, 11) is 0. The zero-order valence-electron chi connectivity index (χ0n) is 7.15. The van der Waals surface area contributed by atoms with Crippen LogP contribution in [0.15, 0.2) is 11.1 Å². The molecule has 0 aromatic rings. The van der Waals surface area contributed by atoms with E-state index in [0.717, 1.165) is 17.4 Å². The molecule has 1 saturated carbocycles. The molecule has 0 spiro atoms. The molecule has 1 unspecified atom stereocenters. The largest absolute Gasteiger partial charge is 0.0895 e. The van der Waals surface area contributed by atoms with Crippen LogP contribution in [0.1, 0.15) is 38.5 Å². The van der Waals surface area contributed by atoms with E-state index in [1.807, 2.05) is 0 Å². The topological polar surface area (TPSA) is 0 Å². The first-order chi connectivity index (χ1) is 5.71. The third kappa shape index (κ3) is 1.67. The maximum absolute atomic E-state index is 5.95. The van der Waals surface area contributed by atoms with Crippen molar-refractivity contribution in [2.75, 3.05) is 0 Å². The lowest BCUT2D eigenvalue weighted by Crippen LogP contribution is -2.38. The van der Waals surface area contributed by atoms with Gasteiger partial charge in [-0.05, 0) is 38.0 Å². The molecule has 2 aliphatic carbocycles. The Bertz CT molecular complexity index is 206. The van der Waals surface area contributed by atoms with E-state index in [4.69, 9.17) is 11.6 Å². The van der Waals surface area contributed by atoms with Crippen LogP contribution in [0, 0.1) is 5.92 Å². The second-order valence-corrected chi connectivity index (χ2v) is 6.64. The summed E-state index contributed by atoms with van der Waals surface area (Å²) in [4.78, 5) is 0. The molecule has 2 aliphatic rings. The van der Waals surface area contributed by atoms with Gasteiger partial charge in [0.2, 0.25) is 0 Å². The minimum atomic E-state index is 0.645. The highest BCUT2D eigenvalue weighted by Crippen LogP contribution is 2.51. The predicted octanol–water partition coefficient (Wildman–Crippen LogP) is 4.27. The maximum Gasteiger partial charge on any atom is 0.0253 e. The highest BCUT2D eigenvalue weighted by Gasteiger charge is 2.41. The van der Waals surface area contributed by atoms with Crippen molar-refractivity contribution >= 4 is 34.2 Å². The second kappa shape index (κ2) is 3.49. The monoisotopic (exact) mass is 296 g/mol. The van der Waals surface area contributed by atoms with Crippen LogP contribution in [0.4, 0.5) is 0 Å². The minimum absolute atomic E-state index is 0.645. The van der Waals surface area contributed by atoms with Gasteiger partial charge in [-0.1, -0.05) is 46.7 Å². The molecule has 1 atom stereocenters. The standard InChI is InChI=1S/C10H14ClI/c11-9-4-2-8(3-5-9)10(12)6-1-7-10/h4,8H,1-3,5-7H2. The first-order valence-corrected chi connectivity index (χ1v) is 6.20. The molecule has 2 rings (SSSR count). The van der Waals surface area contributed by atoms with Crippen molar-refractivity contribution in [1.82, 2.24) is 0 Å². The molecule has 0 aliphatic heterocycles. The third-order valence-electron chi connectivity index (χ3n) is 3.27. The predicted molar refractivity (Wildman–Crippen MR) is 61.9 cm³/mol. The molecule has 0 bridgehead atoms. The van der Waals surface area contributed by atoms with Gasteiger partial charge in [0.1, 0.15) is 0 Å². The van der Waals surface area contributed by atoms with Gasteiger partial charge in [0.15, 0.2) is 0 Å². The van der Waals surface area contributed by atoms with E-state index >= 15 is 0 Å².